The van der Waals surface area contributed by atoms with Crippen molar-refractivity contribution in [2.24, 2.45) is 0 Å². The van der Waals surface area contributed by atoms with E-state index in [1.54, 1.807) is 30.3 Å². The highest BCUT2D eigenvalue weighted by atomic mass is 35.5. The second-order valence-corrected chi connectivity index (χ2v) is 6.69. The number of hydrogen-bond donors (Lipinski definition) is 1. The van der Waals surface area contributed by atoms with Crippen molar-refractivity contribution in [1.82, 2.24) is 24.7 Å². The van der Waals surface area contributed by atoms with Gasteiger partial charge in [-0.2, -0.15) is 14.8 Å². The van der Waals surface area contributed by atoms with Crippen LogP contribution in [0.2, 0.25) is 5.02 Å². The van der Waals surface area contributed by atoms with Gasteiger partial charge in [-0.3, -0.25) is 4.72 Å². The maximum absolute atomic E-state index is 12.3. The number of hydrogen-bond acceptors (Lipinski definition) is 6. The maximum atomic E-state index is 12.3. The Hall–Kier alpha value is -2.52. The molecule has 8 nitrogen and oxygen atoms in total. The Balaban J connectivity index is 1.82. The van der Waals surface area contributed by atoms with E-state index in [1.165, 1.54) is 23.4 Å². The van der Waals surface area contributed by atoms with Gasteiger partial charge in [0.1, 0.15) is 6.33 Å². The molecule has 0 bridgehead atoms. The number of sulfonamides is 1. The standard InChI is InChI=1S/C13H11ClN6O2S/c14-11-4-2-10(3-5-11)8-23(21,22)19-13-17-9-18-20(13)12-15-6-1-7-16-12/h1-7,9H,8H2,(H,17,18,19). The van der Waals surface area contributed by atoms with E-state index in [2.05, 4.69) is 24.8 Å². The quantitative estimate of drug-likeness (QED) is 0.750. The van der Waals surface area contributed by atoms with Crippen LogP contribution in [0.25, 0.3) is 5.95 Å². The molecule has 1 N–H and O–H groups in total. The molecule has 0 saturated heterocycles. The molecule has 23 heavy (non-hydrogen) atoms. The van der Waals surface area contributed by atoms with Crippen LogP contribution in [-0.2, 0) is 15.8 Å². The summed E-state index contributed by atoms with van der Waals surface area (Å²) in [4.78, 5) is 11.9. The van der Waals surface area contributed by atoms with E-state index in [9.17, 15) is 8.42 Å². The van der Waals surface area contributed by atoms with Crippen molar-refractivity contribution in [2.75, 3.05) is 4.72 Å². The Morgan fingerprint density at radius 1 is 1.09 bits per heavy atom. The highest BCUT2D eigenvalue weighted by Crippen LogP contribution is 2.14. The first-order chi connectivity index (χ1) is 11.0. The average molecular weight is 351 g/mol. The number of benzene rings is 1. The summed E-state index contributed by atoms with van der Waals surface area (Å²) in [7, 11) is -3.67. The van der Waals surface area contributed by atoms with Gasteiger partial charge in [0, 0.05) is 17.4 Å². The number of rotatable bonds is 5. The molecular weight excluding hydrogens is 340 g/mol. The highest BCUT2D eigenvalue weighted by Gasteiger charge is 2.17. The third kappa shape index (κ3) is 3.82. The van der Waals surface area contributed by atoms with Gasteiger partial charge in [0.05, 0.1) is 5.75 Å². The van der Waals surface area contributed by atoms with Gasteiger partial charge in [0.15, 0.2) is 0 Å². The number of nitrogens with one attached hydrogen (secondary N) is 1. The Kier molecular flexibility index (Phi) is 4.22. The second kappa shape index (κ2) is 6.31. The number of nitrogens with zero attached hydrogens (tertiary/aromatic N) is 5. The fraction of sp³-hybridized carbons (Fsp3) is 0.0769. The first-order valence-electron chi connectivity index (χ1n) is 6.46. The van der Waals surface area contributed by atoms with Gasteiger partial charge in [-0.05, 0) is 23.8 Å². The number of aromatic nitrogens is 5. The third-order valence-electron chi connectivity index (χ3n) is 2.81. The van der Waals surface area contributed by atoms with E-state index in [4.69, 9.17) is 11.6 Å². The second-order valence-electron chi connectivity index (χ2n) is 4.53. The van der Waals surface area contributed by atoms with E-state index in [0.717, 1.165) is 0 Å². The average Bonchev–Trinajstić information content (AvgIpc) is 2.97. The number of anilines is 1. The molecule has 3 rings (SSSR count). The summed E-state index contributed by atoms with van der Waals surface area (Å²) < 4.78 is 28.1. The van der Waals surface area contributed by atoms with Gasteiger partial charge in [-0.1, -0.05) is 23.7 Å². The normalized spacial score (nSPS) is 11.3. The molecule has 118 valence electrons. The van der Waals surface area contributed by atoms with Crippen molar-refractivity contribution in [3.8, 4) is 5.95 Å². The minimum atomic E-state index is -3.67. The van der Waals surface area contributed by atoms with Crippen molar-refractivity contribution in [2.45, 2.75) is 5.75 Å². The van der Waals surface area contributed by atoms with Crippen molar-refractivity contribution in [1.29, 1.82) is 0 Å². The van der Waals surface area contributed by atoms with Gasteiger partial charge < -0.3 is 0 Å². The van der Waals surface area contributed by atoms with E-state index in [-0.39, 0.29) is 17.6 Å². The molecule has 0 aliphatic carbocycles. The maximum Gasteiger partial charge on any atom is 0.253 e. The molecular formula is C13H11ClN6O2S. The zero-order valence-corrected chi connectivity index (χ0v) is 13.2. The first kappa shape index (κ1) is 15.4. The molecule has 0 spiro atoms. The predicted octanol–water partition coefficient (Wildman–Crippen LogP) is 1.65. The highest BCUT2D eigenvalue weighted by molar-refractivity contribution is 7.91. The zero-order valence-electron chi connectivity index (χ0n) is 11.7. The summed E-state index contributed by atoms with van der Waals surface area (Å²) in [6.45, 7) is 0. The number of halogens is 1. The smallest absolute Gasteiger partial charge is 0.251 e. The predicted molar refractivity (Wildman–Crippen MR) is 84.6 cm³/mol. The molecule has 10 heteroatoms. The van der Waals surface area contributed by atoms with Crippen LogP contribution in [0.1, 0.15) is 5.56 Å². The summed E-state index contributed by atoms with van der Waals surface area (Å²) in [6.07, 6.45) is 4.27. The fourth-order valence-electron chi connectivity index (χ4n) is 1.83. The van der Waals surface area contributed by atoms with Crippen molar-refractivity contribution >= 4 is 27.6 Å². The van der Waals surface area contributed by atoms with Gasteiger partial charge in [-0.15, -0.1) is 0 Å². The minimum absolute atomic E-state index is 0.0187. The topological polar surface area (TPSA) is 103 Å². The summed E-state index contributed by atoms with van der Waals surface area (Å²) >= 11 is 5.79. The van der Waals surface area contributed by atoms with Gasteiger partial charge in [-0.25, -0.2) is 18.4 Å². The van der Waals surface area contributed by atoms with Crippen LogP contribution in [0.5, 0.6) is 0 Å². The van der Waals surface area contributed by atoms with Crippen molar-refractivity contribution < 1.29 is 8.42 Å². The summed E-state index contributed by atoms with van der Waals surface area (Å²) in [5, 5.41) is 4.47. The monoisotopic (exact) mass is 350 g/mol. The lowest BCUT2D eigenvalue weighted by atomic mass is 10.2. The molecule has 0 atom stereocenters. The van der Waals surface area contributed by atoms with Gasteiger partial charge >= 0.3 is 0 Å². The molecule has 0 unspecified atom stereocenters. The van der Waals surface area contributed by atoms with Crippen molar-refractivity contribution in [3.05, 3.63) is 59.6 Å². The fourth-order valence-corrected chi connectivity index (χ4v) is 3.08. The van der Waals surface area contributed by atoms with Gasteiger partial charge in [0.25, 0.3) is 5.95 Å². The van der Waals surface area contributed by atoms with Crippen LogP contribution in [0.4, 0.5) is 5.95 Å². The Bertz CT molecular complexity index is 896. The molecule has 2 heterocycles. The zero-order chi connectivity index (χ0) is 16.3. The van der Waals surface area contributed by atoms with E-state index in [0.29, 0.717) is 10.6 Å². The molecule has 3 aromatic rings. The lowest BCUT2D eigenvalue weighted by Crippen LogP contribution is -2.19. The molecule has 0 radical (unpaired) electrons. The summed E-state index contributed by atoms with van der Waals surface area (Å²) in [6, 6.07) is 8.20. The van der Waals surface area contributed by atoms with E-state index >= 15 is 0 Å². The lowest BCUT2D eigenvalue weighted by Gasteiger charge is -2.08. The first-order valence-corrected chi connectivity index (χ1v) is 8.49. The van der Waals surface area contributed by atoms with Crippen LogP contribution >= 0.6 is 11.6 Å². The SMILES string of the molecule is O=S(=O)(Cc1ccc(Cl)cc1)Nc1ncnn1-c1ncccn1. The van der Waals surface area contributed by atoms with Crippen molar-refractivity contribution in [3.63, 3.8) is 0 Å². The molecule has 0 aliphatic rings. The van der Waals surface area contributed by atoms with Crippen LogP contribution in [-0.4, -0.2) is 33.2 Å². The Labute approximate surface area is 137 Å². The molecule has 1 aromatic carbocycles. The third-order valence-corrected chi connectivity index (χ3v) is 4.27. The van der Waals surface area contributed by atoms with E-state index in [1.807, 2.05) is 0 Å². The Morgan fingerprint density at radius 3 is 2.48 bits per heavy atom. The molecule has 0 saturated carbocycles. The van der Waals surface area contributed by atoms with Crippen LogP contribution in [0.15, 0.2) is 49.1 Å². The molecule has 0 amide bonds. The minimum Gasteiger partial charge on any atom is -0.251 e. The summed E-state index contributed by atoms with van der Waals surface area (Å²) in [5.41, 5.74) is 0.601. The van der Waals surface area contributed by atoms with Crippen LogP contribution in [0.3, 0.4) is 0 Å². The molecule has 0 fully saturated rings. The van der Waals surface area contributed by atoms with Gasteiger partial charge in [0.2, 0.25) is 16.0 Å². The molecule has 2 aromatic heterocycles. The van der Waals surface area contributed by atoms with E-state index < -0.39 is 10.0 Å². The lowest BCUT2D eigenvalue weighted by molar-refractivity contribution is 0.599. The van der Waals surface area contributed by atoms with Crippen LogP contribution < -0.4 is 4.72 Å². The largest absolute Gasteiger partial charge is 0.253 e. The Morgan fingerprint density at radius 2 is 1.78 bits per heavy atom. The van der Waals surface area contributed by atoms with Crippen LogP contribution in [0, 0.1) is 0 Å². The summed E-state index contributed by atoms with van der Waals surface area (Å²) in [5.74, 6) is 0.0199. The molecule has 0 aliphatic heterocycles.